The molecule has 5 heteroatoms. The number of hydrogen-bond donors (Lipinski definition) is 1. The van der Waals surface area contributed by atoms with E-state index < -0.39 is 12.0 Å². The first-order valence-electron chi connectivity index (χ1n) is 10.9. The van der Waals surface area contributed by atoms with Crippen LogP contribution in [0.5, 0.6) is 0 Å². The predicted octanol–water partition coefficient (Wildman–Crippen LogP) is 5.72. The predicted molar refractivity (Wildman–Crippen MR) is 129 cm³/mol. The molecule has 5 nitrogen and oxygen atoms in total. The van der Waals surface area contributed by atoms with Crippen LogP contribution in [0.3, 0.4) is 0 Å². The third kappa shape index (κ3) is 4.78. The van der Waals surface area contributed by atoms with Gasteiger partial charge in [-0.1, -0.05) is 78.9 Å². The number of rotatable bonds is 7. The van der Waals surface area contributed by atoms with Crippen LogP contribution in [-0.4, -0.2) is 17.6 Å². The Kier molecular flexibility index (Phi) is 6.81. The molecule has 0 aliphatic carbocycles. The highest BCUT2D eigenvalue weighted by Gasteiger charge is 2.30. The Balaban J connectivity index is 1.92. The summed E-state index contributed by atoms with van der Waals surface area (Å²) in [6.07, 6.45) is 0. The molecule has 0 fully saturated rings. The van der Waals surface area contributed by atoms with Crippen molar-refractivity contribution in [2.24, 2.45) is 5.73 Å². The van der Waals surface area contributed by atoms with Crippen molar-refractivity contribution in [2.75, 3.05) is 6.61 Å². The van der Waals surface area contributed by atoms with Crippen molar-refractivity contribution in [2.45, 2.75) is 19.9 Å². The first-order valence-corrected chi connectivity index (χ1v) is 10.9. The van der Waals surface area contributed by atoms with Crippen LogP contribution in [0.15, 0.2) is 101 Å². The number of nitrogens with two attached hydrogens (primary N) is 1. The van der Waals surface area contributed by atoms with Crippen molar-refractivity contribution in [1.82, 2.24) is 4.98 Å². The normalized spacial score (nSPS) is 11.6. The maximum Gasteiger partial charge on any atom is 0.336 e. The molecule has 4 aromatic rings. The number of aryl methyl sites for hydroxylation is 1. The van der Waals surface area contributed by atoms with E-state index in [1.165, 1.54) is 0 Å². The molecule has 0 saturated carbocycles. The molecule has 0 aliphatic rings. The molecule has 0 saturated heterocycles. The lowest BCUT2D eigenvalue weighted by molar-refractivity contribution is -0.138. The minimum atomic E-state index is -0.871. The number of hydrogen-bond acceptors (Lipinski definition) is 5. The van der Waals surface area contributed by atoms with Gasteiger partial charge in [0, 0.05) is 11.1 Å². The number of nitrogens with zero attached hydrogens (tertiary/aromatic N) is 1. The summed E-state index contributed by atoms with van der Waals surface area (Å²) < 4.78 is 11.6. The van der Waals surface area contributed by atoms with Crippen molar-refractivity contribution in [1.29, 1.82) is 0 Å². The lowest BCUT2D eigenvalue weighted by Crippen LogP contribution is -2.23. The van der Waals surface area contributed by atoms with Crippen LogP contribution in [0.25, 0.3) is 17.0 Å². The highest BCUT2D eigenvalue weighted by molar-refractivity contribution is 6.03. The van der Waals surface area contributed by atoms with E-state index >= 15 is 0 Å². The number of oxazole rings is 1. The second-order valence-corrected chi connectivity index (χ2v) is 7.55. The van der Waals surface area contributed by atoms with Gasteiger partial charge in [-0.25, -0.2) is 9.78 Å². The molecule has 1 aromatic heterocycles. The molecule has 0 aliphatic heterocycles. The fourth-order valence-electron chi connectivity index (χ4n) is 3.81. The van der Waals surface area contributed by atoms with Gasteiger partial charge in [0.05, 0.1) is 23.9 Å². The summed E-state index contributed by atoms with van der Waals surface area (Å²) >= 11 is 0. The SMILES string of the molecule is CCOC(=O)C(=C(c1ccccc1)c1ccccc1)C(N)c1oc(-c2ccccc2)nc1C. The summed E-state index contributed by atoms with van der Waals surface area (Å²) in [6, 6.07) is 28.1. The molecule has 1 unspecified atom stereocenters. The van der Waals surface area contributed by atoms with Gasteiger partial charge < -0.3 is 14.9 Å². The standard InChI is InChI=1S/C28H26N2O3/c1-3-32-28(31)24(23(20-13-7-4-8-14-20)21-15-9-5-10-16-21)25(29)26-19(2)30-27(33-26)22-17-11-6-12-18-22/h4-18,25H,3,29H2,1-2H3. The van der Waals surface area contributed by atoms with E-state index in [4.69, 9.17) is 14.9 Å². The van der Waals surface area contributed by atoms with Gasteiger partial charge in [0.1, 0.15) is 5.76 Å². The molecule has 2 N–H and O–H groups in total. The van der Waals surface area contributed by atoms with Crippen LogP contribution in [0, 0.1) is 6.92 Å². The summed E-state index contributed by atoms with van der Waals surface area (Å²) in [6.45, 7) is 3.84. The quantitative estimate of drug-likeness (QED) is 0.295. The van der Waals surface area contributed by atoms with Crippen molar-refractivity contribution in [3.63, 3.8) is 0 Å². The molecule has 3 aromatic carbocycles. The second-order valence-electron chi connectivity index (χ2n) is 7.55. The van der Waals surface area contributed by atoms with E-state index in [0.717, 1.165) is 16.7 Å². The van der Waals surface area contributed by atoms with Gasteiger partial charge in [0.2, 0.25) is 5.89 Å². The van der Waals surface area contributed by atoms with Gasteiger partial charge in [-0.15, -0.1) is 0 Å². The molecule has 0 radical (unpaired) electrons. The number of carbonyl (C=O) groups excluding carboxylic acids is 1. The zero-order valence-electron chi connectivity index (χ0n) is 18.7. The molecule has 1 atom stereocenters. The first kappa shape index (κ1) is 22.2. The number of benzene rings is 3. The number of esters is 1. The zero-order valence-corrected chi connectivity index (χ0v) is 18.7. The Bertz CT molecular complexity index is 1200. The molecule has 1 heterocycles. The Morgan fingerprint density at radius 2 is 1.42 bits per heavy atom. The second kappa shape index (κ2) is 10.1. The van der Waals surface area contributed by atoms with Crippen molar-refractivity contribution < 1.29 is 13.9 Å². The summed E-state index contributed by atoms with van der Waals surface area (Å²) in [7, 11) is 0. The van der Waals surface area contributed by atoms with Gasteiger partial charge in [-0.2, -0.15) is 0 Å². The van der Waals surface area contributed by atoms with Crippen LogP contribution < -0.4 is 5.73 Å². The Morgan fingerprint density at radius 1 is 0.909 bits per heavy atom. The summed E-state index contributed by atoms with van der Waals surface area (Å²) in [4.78, 5) is 17.9. The molecule has 33 heavy (non-hydrogen) atoms. The van der Waals surface area contributed by atoms with Crippen LogP contribution in [0.4, 0.5) is 0 Å². The topological polar surface area (TPSA) is 78.4 Å². The minimum Gasteiger partial charge on any atom is -0.463 e. The average Bonchev–Trinajstić information content (AvgIpc) is 3.25. The molecule has 0 amide bonds. The highest BCUT2D eigenvalue weighted by atomic mass is 16.5. The van der Waals surface area contributed by atoms with E-state index in [1.807, 2.05) is 97.9 Å². The monoisotopic (exact) mass is 438 g/mol. The van der Waals surface area contributed by atoms with E-state index in [9.17, 15) is 4.79 Å². The maximum absolute atomic E-state index is 13.3. The summed E-state index contributed by atoms with van der Waals surface area (Å²) in [5.41, 5.74) is 11.0. The van der Waals surface area contributed by atoms with Gasteiger partial charge in [0.15, 0.2) is 0 Å². The van der Waals surface area contributed by atoms with Crippen LogP contribution in [0.2, 0.25) is 0 Å². The largest absolute Gasteiger partial charge is 0.463 e. The van der Waals surface area contributed by atoms with Crippen LogP contribution >= 0.6 is 0 Å². The summed E-state index contributed by atoms with van der Waals surface area (Å²) in [5, 5.41) is 0. The highest BCUT2D eigenvalue weighted by Crippen LogP contribution is 2.36. The number of ether oxygens (including phenoxy) is 1. The van der Waals surface area contributed by atoms with E-state index in [-0.39, 0.29) is 6.61 Å². The van der Waals surface area contributed by atoms with Gasteiger partial charge in [-0.3, -0.25) is 0 Å². The smallest absolute Gasteiger partial charge is 0.336 e. The molecule has 4 rings (SSSR count). The number of carbonyl (C=O) groups is 1. The lowest BCUT2D eigenvalue weighted by Gasteiger charge is -2.20. The van der Waals surface area contributed by atoms with Crippen LogP contribution in [0.1, 0.15) is 35.5 Å². The minimum absolute atomic E-state index is 0.233. The fraction of sp³-hybridized carbons (Fsp3) is 0.143. The molecular formula is C28H26N2O3. The Hall–Kier alpha value is -3.96. The molecule has 0 spiro atoms. The van der Waals surface area contributed by atoms with Crippen LogP contribution in [-0.2, 0) is 9.53 Å². The lowest BCUT2D eigenvalue weighted by atomic mass is 9.88. The molecule has 166 valence electrons. The maximum atomic E-state index is 13.3. The van der Waals surface area contributed by atoms with E-state index in [0.29, 0.717) is 28.5 Å². The van der Waals surface area contributed by atoms with Gasteiger partial charge in [0.25, 0.3) is 0 Å². The Labute approximate surface area is 193 Å². The fourth-order valence-corrected chi connectivity index (χ4v) is 3.81. The number of aromatic nitrogens is 1. The average molecular weight is 439 g/mol. The van der Waals surface area contributed by atoms with E-state index in [1.54, 1.807) is 6.92 Å². The van der Waals surface area contributed by atoms with Gasteiger partial charge in [-0.05, 0) is 37.1 Å². The Morgan fingerprint density at radius 3 is 1.94 bits per heavy atom. The van der Waals surface area contributed by atoms with Crippen molar-refractivity contribution >= 4 is 11.5 Å². The molecule has 0 bridgehead atoms. The van der Waals surface area contributed by atoms with Gasteiger partial charge >= 0.3 is 5.97 Å². The zero-order chi connectivity index (χ0) is 23.2. The van der Waals surface area contributed by atoms with E-state index in [2.05, 4.69) is 4.98 Å². The van der Waals surface area contributed by atoms with Crippen molar-refractivity contribution in [3.05, 3.63) is 119 Å². The first-order chi connectivity index (χ1) is 16.1. The molecular weight excluding hydrogens is 412 g/mol. The third-order valence-corrected chi connectivity index (χ3v) is 5.34. The third-order valence-electron chi connectivity index (χ3n) is 5.34. The van der Waals surface area contributed by atoms with Crippen molar-refractivity contribution in [3.8, 4) is 11.5 Å². The summed E-state index contributed by atoms with van der Waals surface area (Å²) in [5.74, 6) is 0.411.